The van der Waals surface area contributed by atoms with Gasteiger partial charge in [-0.25, -0.2) is 0 Å². The van der Waals surface area contributed by atoms with Gasteiger partial charge in [-0.3, -0.25) is 14.6 Å². The van der Waals surface area contributed by atoms with Crippen LogP contribution < -0.4 is 14.2 Å². The second kappa shape index (κ2) is 14.3. The smallest absolute Gasteiger partial charge is 0.157 e. The third kappa shape index (κ3) is 7.20. The number of aldehydes is 2. The fourth-order valence-corrected chi connectivity index (χ4v) is 5.27. The second-order valence-electron chi connectivity index (χ2n) is 10.3. The molecular formula is C37H29ClN2O5. The largest absolute Gasteiger partial charge is 0.489 e. The number of benzene rings is 4. The maximum absolute atomic E-state index is 11.8. The third-order valence-corrected chi connectivity index (χ3v) is 7.75. The van der Waals surface area contributed by atoms with Gasteiger partial charge in [0.15, 0.2) is 12.6 Å². The van der Waals surface area contributed by atoms with Crippen LogP contribution in [0.15, 0.2) is 91.3 Å². The lowest BCUT2D eigenvalue weighted by molar-refractivity contribution is -0.109. The molecule has 0 saturated carbocycles. The summed E-state index contributed by atoms with van der Waals surface area (Å²) in [4.78, 5) is 26.4. The number of pyridine rings is 1. The minimum absolute atomic E-state index is 0.0217. The van der Waals surface area contributed by atoms with Gasteiger partial charge in [0.25, 0.3) is 0 Å². The zero-order valence-corrected chi connectivity index (χ0v) is 25.5. The van der Waals surface area contributed by atoms with Crippen molar-refractivity contribution in [2.45, 2.75) is 27.1 Å². The van der Waals surface area contributed by atoms with Crippen molar-refractivity contribution in [1.29, 1.82) is 5.26 Å². The molecule has 0 aliphatic rings. The summed E-state index contributed by atoms with van der Waals surface area (Å²) in [6.45, 7) is 4.42. The highest BCUT2D eigenvalue weighted by atomic mass is 35.5. The Labute approximate surface area is 266 Å². The number of carbonyl (C=O) groups excluding carboxylic acids is 2. The van der Waals surface area contributed by atoms with Gasteiger partial charge in [-0.15, -0.1) is 0 Å². The average molecular weight is 617 g/mol. The summed E-state index contributed by atoms with van der Waals surface area (Å²) in [5.74, 6) is 1.70. The van der Waals surface area contributed by atoms with E-state index in [1.807, 2.05) is 49.4 Å². The highest BCUT2D eigenvalue weighted by Crippen LogP contribution is 2.37. The van der Waals surface area contributed by atoms with Crippen LogP contribution in [0.2, 0.25) is 5.02 Å². The van der Waals surface area contributed by atoms with E-state index in [2.05, 4.69) is 36.2 Å². The lowest BCUT2D eigenvalue weighted by Gasteiger charge is -2.17. The molecule has 0 aliphatic carbocycles. The van der Waals surface area contributed by atoms with E-state index in [9.17, 15) is 9.59 Å². The molecule has 7 nitrogen and oxygen atoms in total. The van der Waals surface area contributed by atoms with Crippen molar-refractivity contribution in [3.05, 3.63) is 130 Å². The van der Waals surface area contributed by atoms with Gasteiger partial charge >= 0.3 is 0 Å². The molecular weight excluding hydrogens is 588 g/mol. The van der Waals surface area contributed by atoms with Crippen LogP contribution in [0.1, 0.15) is 38.2 Å². The summed E-state index contributed by atoms with van der Waals surface area (Å²) >= 11 is 6.54. The number of ether oxygens (including phenoxy) is 3. The molecule has 4 aromatic carbocycles. The normalized spacial score (nSPS) is 10.5. The van der Waals surface area contributed by atoms with E-state index in [1.165, 1.54) is 6.20 Å². The van der Waals surface area contributed by atoms with E-state index in [0.29, 0.717) is 50.8 Å². The molecule has 0 amide bonds. The number of nitriles is 1. The Morgan fingerprint density at radius 2 is 1.51 bits per heavy atom. The summed E-state index contributed by atoms with van der Waals surface area (Å²) in [5, 5.41) is 9.52. The van der Waals surface area contributed by atoms with E-state index >= 15 is 0 Å². The quantitative estimate of drug-likeness (QED) is 0.131. The molecule has 5 aromatic rings. The van der Waals surface area contributed by atoms with Gasteiger partial charge in [0.1, 0.15) is 43.1 Å². The third-order valence-electron chi connectivity index (χ3n) is 7.40. The Hall–Kier alpha value is -5.45. The maximum Gasteiger partial charge on any atom is 0.157 e. The van der Waals surface area contributed by atoms with Crippen LogP contribution in [0.3, 0.4) is 0 Å². The second-order valence-corrected chi connectivity index (χ2v) is 10.7. The van der Waals surface area contributed by atoms with Crippen molar-refractivity contribution in [2.24, 2.45) is 0 Å². The summed E-state index contributed by atoms with van der Waals surface area (Å²) in [5.41, 5.74) is 8.42. The van der Waals surface area contributed by atoms with Gasteiger partial charge in [0.2, 0.25) is 0 Å². The molecule has 0 fully saturated rings. The number of halogens is 1. The molecule has 0 unspecified atom stereocenters. The van der Waals surface area contributed by atoms with Crippen molar-refractivity contribution in [1.82, 2.24) is 4.98 Å². The maximum atomic E-state index is 11.8. The molecule has 0 saturated heterocycles. The number of aromatic nitrogens is 1. The first-order valence-corrected chi connectivity index (χ1v) is 14.5. The van der Waals surface area contributed by atoms with Gasteiger partial charge in [-0.1, -0.05) is 54.1 Å². The highest BCUT2D eigenvalue weighted by Gasteiger charge is 2.15. The summed E-state index contributed by atoms with van der Waals surface area (Å²) in [6, 6.07) is 26.8. The van der Waals surface area contributed by atoms with Gasteiger partial charge in [-0.2, -0.15) is 5.26 Å². The molecule has 1 heterocycles. The van der Waals surface area contributed by atoms with Gasteiger partial charge in [-0.05, 0) is 83.6 Å². The van der Waals surface area contributed by atoms with Crippen LogP contribution in [-0.2, 0) is 18.0 Å². The topological polar surface area (TPSA) is 98.5 Å². The van der Waals surface area contributed by atoms with E-state index in [4.69, 9.17) is 31.1 Å². The summed E-state index contributed by atoms with van der Waals surface area (Å²) in [6.07, 6.45) is 4.50. The van der Waals surface area contributed by atoms with Crippen LogP contribution in [0.25, 0.3) is 22.3 Å². The Kier molecular flexibility index (Phi) is 9.88. The van der Waals surface area contributed by atoms with Crippen LogP contribution in [0, 0.1) is 25.2 Å². The minimum atomic E-state index is 0.0217. The fraction of sp³-hybridized carbons (Fsp3) is 0.135. The molecule has 0 radical (unpaired) electrons. The van der Waals surface area contributed by atoms with Crippen molar-refractivity contribution in [2.75, 3.05) is 6.61 Å². The number of hydrogen-bond acceptors (Lipinski definition) is 7. The molecule has 0 aliphatic heterocycles. The fourth-order valence-electron chi connectivity index (χ4n) is 5.05. The molecule has 224 valence electrons. The van der Waals surface area contributed by atoms with E-state index < -0.39 is 0 Å². The lowest BCUT2D eigenvalue weighted by atomic mass is 9.90. The highest BCUT2D eigenvalue weighted by molar-refractivity contribution is 6.31. The van der Waals surface area contributed by atoms with E-state index in [-0.39, 0.29) is 19.8 Å². The van der Waals surface area contributed by atoms with Crippen molar-refractivity contribution >= 4 is 24.2 Å². The van der Waals surface area contributed by atoms with Crippen molar-refractivity contribution in [3.8, 4) is 45.6 Å². The first kappa shape index (κ1) is 31.0. The monoisotopic (exact) mass is 616 g/mol. The Balaban J connectivity index is 1.36. The molecule has 0 spiro atoms. The van der Waals surface area contributed by atoms with Gasteiger partial charge in [0, 0.05) is 28.5 Å². The van der Waals surface area contributed by atoms with Crippen LogP contribution >= 0.6 is 11.6 Å². The number of hydrogen-bond donors (Lipinski definition) is 0. The lowest BCUT2D eigenvalue weighted by Crippen LogP contribution is -2.03. The molecule has 1 aromatic heterocycles. The van der Waals surface area contributed by atoms with Crippen LogP contribution in [0.5, 0.6) is 17.2 Å². The molecule has 5 rings (SSSR count). The van der Waals surface area contributed by atoms with Gasteiger partial charge < -0.3 is 14.2 Å². The summed E-state index contributed by atoms with van der Waals surface area (Å²) < 4.78 is 17.6. The minimum Gasteiger partial charge on any atom is -0.489 e. The number of rotatable bonds is 12. The SMILES string of the molecule is Cc1c(OCc2cc(OCc3cncc(C#N)c3)c(C=O)cc2Cl)cccc1-c1cccc(-c2ccc(OCC=O)cc2)c1C. The predicted molar refractivity (Wildman–Crippen MR) is 173 cm³/mol. The summed E-state index contributed by atoms with van der Waals surface area (Å²) in [7, 11) is 0. The van der Waals surface area contributed by atoms with E-state index in [0.717, 1.165) is 39.7 Å². The first-order valence-electron chi connectivity index (χ1n) is 14.2. The molecule has 0 bridgehead atoms. The Morgan fingerprint density at radius 3 is 2.24 bits per heavy atom. The molecule has 8 heteroatoms. The number of carbonyl (C=O) groups is 2. The predicted octanol–water partition coefficient (Wildman–Crippen LogP) is 8.11. The first-order chi connectivity index (χ1) is 21.9. The Morgan fingerprint density at radius 1 is 0.800 bits per heavy atom. The number of nitrogens with zero attached hydrogens (tertiary/aromatic N) is 2. The zero-order valence-electron chi connectivity index (χ0n) is 24.7. The van der Waals surface area contributed by atoms with Crippen molar-refractivity contribution < 1.29 is 23.8 Å². The van der Waals surface area contributed by atoms with Crippen LogP contribution in [-0.4, -0.2) is 24.2 Å². The molecule has 45 heavy (non-hydrogen) atoms. The average Bonchev–Trinajstić information content (AvgIpc) is 3.07. The van der Waals surface area contributed by atoms with Crippen molar-refractivity contribution in [3.63, 3.8) is 0 Å². The molecule has 0 N–H and O–H groups in total. The van der Waals surface area contributed by atoms with E-state index in [1.54, 1.807) is 24.4 Å². The van der Waals surface area contributed by atoms with Gasteiger partial charge in [0.05, 0.1) is 11.1 Å². The molecule has 0 atom stereocenters. The standard InChI is InChI=1S/C37H29ClN2O5/c1-24-32(28-9-11-31(12-10-28)43-14-13-41)5-3-6-33(24)34-7-4-8-36(25(34)2)45-23-30-17-37(29(21-42)16-35(30)38)44-22-27-15-26(18-39)19-40-20-27/h3-13,15-17,19-21H,14,22-23H2,1-2H3. The van der Waals surface area contributed by atoms with Crippen LogP contribution in [0.4, 0.5) is 0 Å². The zero-order chi connectivity index (χ0) is 31.8. The Bertz CT molecular complexity index is 1900.